The van der Waals surface area contributed by atoms with E-state index in [9.17, 15) is 4.79 Å². The smallest absolute Gasteiger partial charge is 0.244 e. The lowest BCUT2D eigenvalue weighted by molar-refractivity contribution is -0.132. The van der Waals surface area contributed by atoms with Gasteiger partial charge in [-0.15, -0.1) is 11.6 Å². The molecule has 1 amide bonds. The number of aromatic nitrogens is 3. The second-order valence-corrected chi connectivity index (χ2v) is 7.69. The zero-order valence-corrected chi connectivity index (χ0v) is 17.7. The maximum absolute atomic E-state index is 12.7. The van der Waals surface area contributed by atoms with Crippen molar-refractivity contribution in [1.29, 1.82) is 0 Å². The Morgan fingerprint density at radius 1 is 1.13 bits per heavy atom. The Kier molecular flexibility index (Phi) is 5.81. The summed E-state index contributed by atoms with van der Waals surface area (Å²) in [5, 5.41) is 10.4. The highest BCUT2D eigenvalue weighted by Gasteiger charge is 2.32. The molecule has 8 heteroatoms. The summed E-state index contributed by atoms with van der Waals surface area (Å²) in [5.41, 5.74) is 4.95. The lowest BCUT2D eigenvalue weighted by Gasteiger charge is -2.22. The molecule has 0 fully saturated rings. The third-order valence-electron chi connectivity index (χ3n) is 5.15. The van der Waals surface area contributed by atoms with Gasteiger partial charge in [0.05, 0.1) is 17.4 Å². The number of hydrazone groups is 1. The minimum Gasteiger partial charge on any atom is -0.378 e. The number of nitrogens with zero attached hydrogens (tertiary/aromatic N) is 6. The van der Waals surface area contributed by atoms with Gasteiger partial charge in [-0.25, -0.2) is 14.7 Å². The molecule has 3 aromatic rings. The minimum atomic E-state index is -0.137. The summed E-state index contributed by atoms with van der Waals surface area (Å²) in [4.78, 5) is 18.7. The van der Waals surface area contributed by atoms with Crippen LogP contribution < -0.4 is 4.90 Å². The molecule has 0 radical (unpaired) electrons. The Balaban J connectivity index is 1.61. The summed E-state index contributed by atoms with van der Waals surface area (Å²) >= 11 is 5.83. The van der Waals surface area contributed by atoms with Crippen LogP contribution in [0.25, 0.3) is 5.69 Å². The van der Waals surface area contributed by atoms with Crippen molar-refractivity contribution in [1.82, 2.24) is 19.8 Å². The van der Waals surface area contributed by atoms with Crippen LogP contribution in [0.3, 0.4) is 0 Å². The third kappa shape index (κ3) is 4.07. The SMILES string of the molecule is CN(C)c1ccc(C2CC(c3ccc(-n4cncn4)cc3)=NN2C(=O)CCCl)cc1. The van der Waals surface area contributed by atoms with E-state index in [-0.39, 0.29) is 24.2 Å². The lowest BCUT2D eigenvalue weighted by Crippen LogP contribution is -2.27. The predicted octanol–water partition coefficient (Wildman–Crippen LogP) is 3.64. The summed E-state index contributed by atoms with van der Waals surface area (Å²) < 4.78 is 1.70. The first-order valence-electron chi connectivity index (χ1n) is 9.75. The highest BCUT2D eigenvalue weighted by molar-refractivity contribution is 6.19. The van der Waals surface area contributed by atoms with Crippen LogP contribution in [0.1, 0.15) is 30.0 Å². The van der Waals surface area contributed by atoms with Crippen molar-refractivity contribution >= 4 is 28.9 Å². The zero-order chi connectivity index (χ0) is 21.1. The predicted molar refractivity (Wildman–Crippen MR) is 118 cm³/mol. The van der Waals surface area contributed by atoms with Crippen molar-refractivity contribution in [2.75, 3.05) is 24.9 Å². The molecule has 0 saturated carbocycles. The van der Waals surface area contributed by atoms with E-state index in [1.54, 1.807) is 16.0 Å². The normalized spacial score (nSPS) is 15.9. The molecule has 0 saturated heterocycles. The van der Waals surface area contributed by atoms with Gasteiger partial charge < -0.3 is 4.90 Å². The highest BCUT2D eigenvalue weighted by atomic mass is 35.5. The number of benzene rings is 2. The van der Waals surface area contributed by atoms with Crippen LogP contribution in [0.2, 0.25) is 0 Å². The number of carbonyl (C=O) groups is 1. The monoisotopic (exact) mass is 422 g/mol. The molecule has 0 spiro atoms. The van der Waals surface area contributed by atoms with E-state index >= 15 is 0 Å². The first-order chi connectivity index (χ1) is 14.6. The van der Waals surface area contributed by atoms with Crippen LogP contribution in [0, 0.1) is 0 Å². The molecule has 1 aromatic heterocycles. The maximum Gasteiger partial charge on any atom is 0.244 e. The van der Waals surface area contributed by atoms with Crippen molar-refractivity contribution in [2.45, 2.75) is 18.9 Å². The minimum absolute atomic E-state index is 0.0686. The molecule has 0 aliphatic carbocycles. The van der Waals surface area contributed by atoms with E-state index in [0.717, 1.165) is 28.2 Å². The van der Waals surface area contributed by atoms with Crippen molar-refractivity contribution in [2.24, 2.45) is 5.10 Å². The summed E-state index contributed by atoms with van der Waals surface area (Å²) in [6.45, 7) is 0. The second kappa shape index (κ2) is 8.67. The van der Waals surface area contributed by atoms with Gasteiger partial charge in [-0.05, 0) is 35.4 Å². The van der Waals surface area contributed by atoms with E-state index in [0.29, 0.717) is 6.42 Å². The first-order valence-corrected chi connectivity index (χ1v) is 10.3. The Morgan fingerprint density at radius 2 is 1.87 bits per heavy atom. The van der Waals surface area contributed by atoms with Crippen LogP contribution in [0.4, 0.5) is 5.69 Å². The average molecular weight is 423 g/mol. The molecule has 154 valence electrons. The fraction of sp³-hybridized carbons (Fsp3) is 0.273. The molecule has 1 aliphatic rings. The van der Waals surface area contributed by atoms with E-state index < -0.39 is 0 Å². The summed E-state index contributed by atoms with van der Waals surface area (Å²) in [6, 6.07) is 16.0. The zero-order valence-electron chi connectivity index (χ0n) is 16.9. The summed E-state index contributed by atoms with van der Waals surface area (Å²) in [5.74, 6) is 0.208. The van der Waals surface area contributed by atoms with Gasteiger partial charge in [-0.2, -0.15) is 10.2 Å². The molecule has 2 heterocycles. The first kappa shape index (κ1) is 20.1. The molecule has 7 nitrogen and oxygen atoms in total. The Labute approximate surface area is 180 Å². The quantitative estimate of drug-likeness (QED) is 0.569. The van der Waals surface area contributed by atoms with Gasteiger partial charge in [0, 0.05) is 38.5 Å². The second-order valence-electron chi connectivity index (χ2n) is 7.32. The number of hydrogen-bond donors (Lipinski definition) is 0. The third-order valence-corrected chi connectivity index (χ3v) is 5.34. The number of rotatable bonds is 6. The molecule has 30 heavy (non-hydrogen) atoms. The van der Waals surface area contributed by atoms with Crippen molar-refractivity contribution in [3.05, 3.63) is 72.3 Å². The van der Waals surface area contributed by atoms with Crippen LogP contribution in [-0.2, 0) is 4.79 Å². The van der Waals surface area contributed by atoms with Crippen LogP contribution >= 0.6 is 11.6 Å². The van der Waals surface area contributed by atoms with E-state index in [1.807, 2.05) is 43.3 Å². The molecular formula is C22H23ClN6O. The Bertz CT molecular complexity index is 1030. The highest BCUT2D eigenvalue weighted by Crippen LogP contribution is 2.34. The molecule has 1 atom stereocenters. The summed E-state index contributed by atoms with van der Waals surface area (Å²) in [7, 11) is 4.01. The van der Waals surface area contributed by atoms with E-state index in [2.05, 4.69) is 39.4 Å². The standard InChI is InChI=1S/C22H23ClN6O/c1-27(2)18-7-5-17(6-8-18)21-13-20(26-29(21)22(30)11-12-23)16-3-9-19(10-4-16)28-15-24-14-25-28/h3-10,14-15,21H,11-13H2,1-2H3. The Morgan fingerprint density at radius 3 is 2.47 bits per heavy atom. The van der Waals surface area contributed by atoms with Gasteiger partial charge in [0.25, 0.3) is 0 Å². The number of carbonyl (C=O) groups excluding carboxylic acids is 1. The fourth-order valence-electron chi connectivity index (χ4n) is 3.51. The Hall–Kier alpha value is -3.19. The number of alkyl halides is 1. The molecule has 0 bridgehead atoms. The van der Waals surface area contributed by atoms with Crippen molar-refractivity contribution in [3.8, 4) is 5.69 Å². The maximum atomic E-state index is 12.7. The van der Waals surface area contributed by atoms with Gasteiger partial charge in [-0.3, -0.25) is 4.79 Å². The topological polar surface area (TPSA) is 66.6 Å². The van der Waals surface area contributed by atoms with Crippen LogP contribution in [0.15, 0.2) is 66.3 Å². The molecule has 1 unspecified atom stereocenters. The molecule has 1 aliphatic heterocycles. The van der Waals surface area contributed by atoms with Crippen molar-refractivity contribution < 1.29 is 4.79 Å². The molecule has 0 N–H and O–H groups in total. The average Bonchev–Trinajstić information content (AvgIpc) is 3.45. The molecule has 4 rings (SSSR count). The number of halogens is 1. The van der Waals surface area contributed by atoms with Crippen molar-refractivity contribution in [3.63, 3.8) is 0 Å². The number of hydrogen-bond acceptors (Lipinski definition) is 5. The number of amides is 1. The van der Waals surface area contributed by atoms with Crippen LogP contribution in [0.5, 0.6) is 0 Å². The molecule has 2 aromatic carbocycles. The number of anilines is 1. The van der Waals surface area contributed by atoms with Gasteiger partial charge >= 0.3 is 0 Å². The molecular weight excluding hydrogens is 400 g/mol. The van der Waals surface area contributed by atoms with Gasteiger partial charge in [0.15, 0.2) is 0 Å². The van der Waals surface area contributed by atoms with Gasteiger partial charge in [0.2, 0.25) is 5.91 Å². The largest absolute Gasteiger partial charge is 0.378 e. The summed E-state index contributed by atoms with van der Waals surface area (Å²) in [6.07, 6.45) is 4.07. The van der Waals surface area contributed by atoms with Gasteiger partial charge in [0.1, 0.15) is 12.7 Å². The van der Waals surface area contributed by atoms with E-state index in [1.165, 1.54) is 6.33 Å². The fourth-order valence-corrected chi connectivity index (χ4v) is 3.67. The van der Waals surface area contributed by atoms with E-state index in [4.69, 9.17) is 11.6 Å². The van der Waals surface area contributed by atoms with Gasteiger partial charge in [-0.1, -0.05) is 24.3 Å². The lowest BCUT2D eigenvalue weighted by atomic mass is 9.98. The van der Waals surface area contributed by atoms with Crippen LogP contribution in [-0.4, -0.2) is 51.4 Å².